The van der Waals surface area contributed by atoms with Crippen LogP contribution in [0.25, 0.3) is 0 Å². The third-order valence-electron chi connectivity index (χ3n) is 5.26. The third-order valence-corrected chi connectivity index (χ3v) is 5.26. The van der Waals surface area contributed by atoms with Crippen molar-refractivity contribution in [3.8, 4) is 11.5 Å². The Morgan fingerprint density at radius 1 is 1.12 bits per heavy atom. The number of piperidine rings is 1. The molecule has 3 rings (SSSR count). The maximum absolute atomic E-state index is 12.6. The van der Waals surface area contributed by atoms with Crippen LogP contribution in [0.1, 0.15) is 76.2 Å². The van der Waals surface area contributed by atoms with E-state index in [2.05, 4.69) is 23.4 Å². The number of unbranched alkanes of at least 4 members (excludes halogenated alkanes) is 1. The fraction of sp³-hybridized carbons (Fsp3) is 0.720. The van der Waals surface area contributed by atoms with Crippen LogP contribution in [0, 0.1) is 12.8 Å². The Morgan fingerprint density at radius 2 is 1.69 bits per heavy atom. The molecule has 7 heteroatoms. The minimum Gasteiger partial charge on any atom is -0.485 e. The second kappa shape index (κ2) is 17.8. The number of anilines is 1. The number of alkyl halides is 1. The number of likely N-dealkylation sites (tertiary alicyclic amines) is 1. The average Bonchev–Trinajstić information content (AvgIpc) is 2.87. The summed E-state index contributed by atoms with van der Waals surface area (Å²) in [7, 11) is 0. The lowest BCUT2D eigenvalue weighted by Crippen LogP contribution is -2.36. The summed E-state index contributed by atoms with van der Waals surface area (Å²) >= 11 is 4.64. The number of hydrogen-bond acceptors (Lipinski definition) is 6. The van der Waals surface area contributed by atoms with E-state index in [1.54, 1.807) is 6.07 Å². The molecule has 2 N–H and O–H groups in total. The van der Waals surface area contributed by atoms with Gasteiger partial charge in [-0.05, 0) is 63.4 Å². The summed E-state index contributed by atoms with van der Waals surface area (Å²) in [4.78, 5) is 15.1. The van der Waals surface area contributed by atoms with Gasteiger partial charge in [-0.3, -0.25) is 0 Å². The fourth-order valence-corrected chi connectivity index (χ4v) is 3.54. The standard InChI is InChI=1S/C20H30N2O4.2C2H6.CH3Cl/c1-3-4-7-22-8-5-15(6-9-22)13-26-20(23)16-12-14(2)17(21)19-18(16)24-10-11-25-19;3*1-2/h12,15H,3-11,13,21H2,1-2H3;2*1-2H3;1H3. The van der Waals surface area contributed by atoms with Gasteiger partial charge in [-0.2, -0.15) is 0 Å². The van der Waals surface area contributed by atoms with Crippen LogP contribution in [0.15, 0.2) is 6.07 Å². The van der Waals surface area contributed by atoms with Crippen molar-refractivity contribution in [1.82, 2.24) is 4.90 Å². The van der Waals surface area contributed by atoms with E-state index >= 15 is 0 Å². The summed E-state index contributed by atoms with van der Waals surface area (Å²) in [6.07, 6.45) is 6.11. The smallest absolute Gasteiger partial charge is 0.342 e. The van der Waals surface area contributed by atoms with Crippen LogP contribution in [-0.4, -0.2) is 56.7 Å². The average molecular weight is 473 g/mol. The van der Waals surface area contributed by atoms with Crippen molar-refractivity contribution >= 4 is 23.3 Å². The van der Waals surface area contributed by atoms with Gasteiger partial charge in [-0.15, -0.1) is 11.6 Å². The number of fused-ring (bicyclic) bond motifs is 1. The van der Waals surface area contributed by atoms with E-state index < -0.39 is 0 Å². The minimum absolute atomic E-state index is 0.358. The van der Waals surface area contributed by atoms with Gasteiger partial charge in [0.05, 0.1) is 12.3 Å². The quantitative estimate of drug-likeness (QED) is 0.314. The first kappa shape index (κ1) is 30.3. The normalized spacial score (nSPS) is 15.1. The number of nitrogen functional groups attached to an aromatic ring is 1. The maximum atomic E-state index is 12.6. The predicted molar refractivity (Wildman–Crippen MR) is 135 cm³/mol. The number of halogens is 1. The zero-order valence-corrected chi connectivity index (χ0v) is 22.0. The summed E-state index contributed by atoms with van der Waals surface area (Å²) in [5, 5.41) is 0. The van der Waals surface area contributed by atoms with Crippen LogP contribution in [0.5, 0.6) is 11.5 Å². The van der Waals surface area contributed by atoms with Gasteiger partial charge in [-0.25, -0.2) is 4.79 Å². The van der Waals surface area contributed by atoms with Gasteiger partial charge in [0.1, 0.15) is 18.8 Å². The molecule has 2 aliphatic rings. The summed E-state index contributed by atoms with van der Waals surface area (Å²) in [6.45, 7) is 16.7. The molecule has 2 aliphatic heterocycles. The van der Waals surface area contributed by atoms with Crippen LogP contribution in [0.3, 0.4) is 0 Å². The highest BCUT2D eigenvalue weighted by Gasteiger charge is 2.27. The van der Waals surface area contributed by atoms with Crippen LogP contribution >= 0.6 is 11.6 Å². The first-order valence-electron chi connectivity index (χ1n) is 12.1. The number of benzene rings is 1. The van der Waals surface area contributed by atoms with E-state index in [0.29, 0.717) is 48.5 Å². The lowest BCUT2D eigenvalue weighted by Gasteiger charge is -2.31. The highest BCUT2D eigenvalue weighted by Crippen LogP contribution is 2.41. The molecule has 1 aromatic rings. The molecular formula is C25H45ClN2O4. The summed E-state index contributed by atoms with van der Waals surface area (Å²) < 4.78 is 16.9. The third kappa shape index (κ3) is 9.07. The van der Waals surface area contributed by atoms with Crippen molar-refractivity contribution in [1.29, 1.82) is 0 Å². The molecule has 0 saturated carbocycles. The van der Waals surface area contributed by atoms with Crippen molar-refractivity contribution in [2.45, 2.75) is 67.2 Å². The SMILES string of the molecule is CC.CC.CCCCN1CCC(COC(=O)c2cc(C)c(N)c3c2OCCO3)CC1.CCl. The number of carbonyl (C=O) groups is 1. The fourth-order valence-electron chi connectivity index (χ4n) is 3.54. The minimum atomic E-state index is -0.358. The molecule has 0 atom stereocenters. The van der Waals surface area contributed by atoms with Gasteiger partial charge in [0.15, 0.2) is 11.5 Å². The topological polar surface area (TPSA) is 74.0 Å². The van der Waals surface area contributed by atoms with E-state index in [4.69, 9.17) is 19.9 Å². The molecule has 1 aromatic carbocycles. The van der Waals surface area contributed by atoms with Gasteiger partial charge < -0.3 is 24.8 Å². The first-order chi connectivity index (χ1) is 15.6. The summed E-state index contributed by atoms with van der Waals surface area (Å²) in [5.74, 6) is 0.953. The zero-order chi connectivity index (χ0) is 24.5. The second-order valence-corrected chi connectivity index (χ2v) is 7.25. The maximum Gasteiger partial charge on any atom is 0.342 e. The molecule has 0 amide bonds. The molecule has 0 spiro atoms. The number of carbonyl (C=O) groups excluding carboxylic acids is 1. The van der Waals surface area contributed by atoms with E-state index in [1.165, 1.54) is 25.8 Å². The Kier molecular flexibility index (Phi) is 16.9. The van der Waals surface area contributed by atoms with Crippen molar-refractivity contribution in [2.75, 3.05) is 51.6 Å². The van der Waals surface area contributed by atoms with Gasteiger partial charge in [0, 0.05) is 6.38 Å². The summed E-state index contributed by atoms with van der Waals surface area (Å²) in [5.41, 5.74) is 7.78. The largest absolute Gasteiger partial charge is 0.485 e. The Hall–Kier alpha value is -1.66. The molecule has 0 aliphatic carbocycles. The van der Waals surface area contributed by atoms with Gasteiger partial charge in [0.2, 0.25) is 0 Å². The predicted octanol–water partition coefficient (Wildman–Crippen LogP) is 5.92. The zero-order valence-electron chi connectivity index (χ0n) is 21.3. The Balaban J connectivity index is 0.00000148. The molecule has 1 fully saturated rings. The number of ether oxygens (including phenoxy) is 3. The lowest BCUT2D eigenvalue weighted by molar-refractivity contribution is 0.0363. The van der Waals surface area contributed by atoms with Gasteiger partial charge >= 0.3 is 5.97 Å². The molecule has 6 nitrogen and oxygen atoms in total. The Labute approximate surface area is 200 Å². The number of esters is 1. The molecule has 32 heavy (non-hydrogen) atoms. The molecule has 186 valence electrons. The molecule has 2 heterocycles. The number of rotatable bonds is 6. The van der Waals surface area contributed by atoms with Crippen LogP contribution in [-0.2, 0) is 4.74 Å². The molecule has 0 aromatic heterocycles. The van der Waals surface area contributed by atoms with E-state index in [1.807, 2.05) is 34.6 Å². The molecule has 1 saturated heterocycles. The van der Waals surface area contributed by atoms with Crippen LogP contribution in [0.4, 0.5) is 5.69 Å². The molecule has 0 unspecified atom stereocenters. The Bertz CT molecular complexity index is 647. The first-order valence-corrected chi connectivity index (χ1v) is 12.8. The van der Waals surface area contributed by atoms with Gasteiger partial charge in [-0.1, -0.05) is 41.0 Å². The van der Waals surface area contributed by atoms with Crippen molar-refractivity contribution < 1.29 is 19.0 Å². The second-order valence-electron chi connectivity index (χ2n) is 7.25. The van der Waals surface area contributed by atoms with Gasteiger partial charge in [0.25, 0.3) is 0 Å². The monoisotopic (exact) mass is 472 g/mol. The molecular weight excluding hydrogens is 428 g/mol. The molecule has 0 radical (unpaired) electrons. The summed E-state index contributed by atoms with van der Waals surface area (Å²) in [6, 6.07) is 1.73. The van der Waals surface area contributed by atoms with E-state index in [9.17, 15) is 4.79 Å². The van der Waals surface area contributed by atoms with E-state index in [0.717, 1.165) is 31.5 Å². The number of hydrogen-bond donors (Lipinski definition) is 1. The molecule has 0 bridgehead atoms. The number of nitrogens with two attached hydrogens (primary N) is 1. The van der Waals surface area contributed by atoms with Crippen molar-refractivity contribution in [3.05, 3.63) is 17.2 Å². The number of aryl methyl sites for hydroxylation is 1. The number of nitrogens with zero attached hydrogens (tertiary/aromatic N) is 1. The Morgan fingerprint density at radius 3 is 2.25 bits per heavy atom. The van der Waals surface area contributed by atoms with Crippen LogP contribution < -0.4 is 15.2 Å². The highest BCUT2D eigenvalue weighted by molar-refractivity contribution is 6.15. The van der Waals surface area contributed by atoms with Crippen molar-refractivity contribution in [3.63, 3.8) is 0 Å². The van der Waals surface area contributed by atoms with Crippen LogP contribution in [0.2, 0.25) is 0 Å². The van der Waals surface area contributed by atoms with E-state index in [-0.39, 0.29) is 5.97 Å². The lowest BCUT2D eigenvalue weighted by atomic mass is 9.97. The van der Waals surface area contributed by atoms with Crippen molar-refractivity contribution in [2.24, 2.45) is 5.92 Å². The highest BCUT2D eigenvalue weighted by atomic mass is 35.5.